The van der Waals surface area contributed by atoms with Gasteiger partial charge in [-0.25, -0.2) is 0 Å². The molecule has 4 aromatic rings. The molecule has 0 nitrogen and oxygen atoms in total. The van der Waals surface area contributed by atoms with E-state index in [0.29, 0.717) is 0 Å². The van der Waals surface area contributed by atoms with E-state index in [-0.39, 0.29) is 21.7 Å². The zero-order valence-corrected chi connectivity index (χ0v) is 34.1. The monoisotopic (exact) mass is 710 g/mol. The maximum atomic E-state index is 2.66. The molecule has 0 heterocycles. The molecule has 1 heteroatoms. The molecular weight excluding hydrogens is 656 g/mol. The van der Waals surface area contributed by atoms with Gasteiger partial charge < -0.3 is 0 Å². The van der Waals surface area contributed by atoms with E-state index < -0.39 is 21.3 Å². The normalized spacial score (nSPS) is 14.5. The summed E-state index contributed by atoms with van der Waals surface area (Å²) >= 11 is -2.79. The van der Waals surface area contributed by atoms with E-state index in [1.54, 1.807) is 15.3 Å². The van der Waals surface area contributed by atoms with Gasteiger partial charge in [0.1, 0.15) is 0 Å². The molecule has 0 fully saturated rings. The molecule has 0 radical (unpaired) electrons. The zero-order valence-electron chi connectivity index (χ0n) is 31.7. The van der Waals surface area contributed by atoms with Crippen molar-refractivity contribution in [2.24, 2.45) is 0 Å². The molecule has 0 saturated heterocycles. The van der Waals surface area contributed by atoms with Crippen LogP contribution in [0.25, 0.3) is 11.1 Å². The molecule has 4 aromatic carbocycles. The molecule has 6 rings (SSSR count). The van der Waals surface area contributed by atoms with Crippen LogP contribution in [0.4, 0.5) is 0 Å². The summed E-state index contributed by atoms with van der Waals surface area (Å²) in [6.45, 7) is 28.1. The molecule has 2 aliphatic rings. The minimum absolute atomic E-state index is 0.0492. The van der Waals surface area contributed by atoms with E-state index in [1.807, 2.05) is 0 Å². The number of hydrogen-bond acceptors (Lipinski definition) is 0. The molecule has 0 spiro atoms. The van der Waals surface area contributed by atoms with Crippen molar-refractivity contribution in [2.75, 3.05) is 0 Å². The minimum atomic E-state index is -2.79. The van der Waals surface area contributed by atoms with E-state index in [9.17, 15) is 0 Å². The van der Waals surface area contributed by atoms with E-state index >= 15 is 0 Å². The quantitative estimate of drug-likeness (QED) is 0.174. The van der Waals surface area contributed by atoms with Crippen LogP contribution in [0.5, 0.6) is 0 Å². The van der Waals surface area contributed by atoms with Gasteiger partial charge in [-0.2, -0.15) is 0 Å². The number of hydrogen-bond donors (Lipinski definition) is 0. The van der Waals surface area contributed by atoms with Crippen molar-refractivity contribution < 1.29 is 21.3 Å². The maximum absolute atomic E-state index is 2.79. The molecule has 0 N–H and O–H groups in total. The summed E-state index contributed by atoms with van der Waals surface area (Å²) in [5.41, 5.74) is 14.9. The second-order valence-corrected chi connectivity index (χ2v) is 24.3. The van der Waals surface area contributed by atoms with Crippen LogP contribution in [0, 0.1) is 0 Å². The van der Waals surface area contributed by atoms with E-state index in [0.717, 1.165) is 12.8 Å². The predicted molar refractivity (Wildman–Crippen MR) is 207 cm³/mol. The SMILES string of the molecule is CC(C)(C)c1ccc([C](c2ccc(C(C)(C)C)cc2)=[Zr]([C]2=CC=CC2)[c]2cc(C(C)(C)C)cc3c2Cc2ccc(C(C)(C)C)cc2-3)cc1. The number of fused-ring (bicyclic) bond motifs is 3. The van der Waals surface area contributed by atoms with Crippen molar-refractivity contribution in [1.29, 1.82) is 0 Å². The standard InChI is InChI=1S/C21H25.C21H26.C5H5.Zr/c1-20(2,3)16-9-7-14-11-15-8-10-17(21(4,5)6)13-19(15)18(14)12-16;1-20(2,3)18-11-7-16(8-12-18)15-17-9-13-19(14-10-17)21(4,5)6;1-2-4-5-3-1;/h7,9-10,12-13H,11H2,1-6H3;7-14H,1-6H3;1-3H,4H2;. The number of benzene rings is 4. The topological polar surface area (TPSA) is 0 Å². The van der Waals surface area contributed by atoms with E-state index in [2.05, 4.69) is 180 Å². The molecule has 0 atom stereocenters. The molecular formula is C47H56Zr. The first-order valence-electron chi connectivity index (χ1n) is 18.0. The van der Waals surface area contributed by atoms with Gasteiger partial charge in [0.2, 0.25) is 0 Å². The molecule has 0 saturated carbocycles. The second-order valence-electron chi connectivity index (χ2n) is 18.3. The molecule has 0 bridgehead atoms. The van der Waals surface area contributed by atoms with Crippen molar-refractivity contribution in [3.8, 4) is 11.1 Å². The fourth-order valence-corrected chi connectivity index (χ4v) is 15.2. The fraction of sp³-hybridized carbons (Fsp3) is 0.383. The van der Waals surface area contributed by atoms with Gasteiger partial charge in [0.15, 0.2) is 0 Å². The van der Waals surface area contributed by atoms with Crippen molar-refractivity contribution in [3.63, 3.8) is 0 Å². The van der Waals surface area contributed by atoms with Crippen molar-refractivity contribution in [2.45, 2.75) is 118 Å². The number of rotatable bonds is 4. The predicted octanol–water partition coefficient (Wildman–Crippen LogP) is 11.8. The molecule has 2 aliphatic carbocycles. The van der Waals surface area contributed by atoms with E-state index in [4.69, 9.17) is 0 Å². The Labute approximate surface area is 299 Å². The molecule has 0 aliphatic heterocycles. The summed E-state index contributed by atoms with van der Waals surface area (Å²) < 4.78 is 4.94. The molecule has 0 aromatic heterocycles. The Morgan fingerprint density at radius 2 is 1.00 bits per heavy atom. The summed E-state index contributed by atoms with van der Waals surface area (Å²) in [4.78, 5) is 0. The van der Waals surface area contributed by atoms with Gasteiger partial charge in [0, 0.05) is 0 Å². The van der Waals surface area contributed by atoms with Gasteiger partial charge in [0.25, 0.3) is 0 Å². The van der Waals surface area contributed by atoms with Gasteiger partial charge in [-0.3, -0.25) is 0 Å². The second kappa shape index (κ2) is 12.5. The third-order valence-corrected chi connectivity index (χ3v) is 18.0. The van der Waals surface area contributed by atoms with Crippen LogP contribution in [0.2, 0.25) is 0 Å². The van der Waals surface area contributed by atoms with Crippen LogP contribution in [0.1, 0.15) is 134 Å². The third kappa shape index (κ3) is 6.92. The van der Waals surface area contributed by atoms with Gasteiger partial charge in [0.05, 0.1) is 0 Å². The van der Waals surface area contributed by atoms with Crippen LogP contribution in [-0.4, -0.2) is 3.21 Å². The van der Waals surface area contributed by atoms with Crippen LogP contribution in [-0.2, 0) is 49.3 Å². The van der Waals surface area contributed by atoms with Crippen LogP contribution < -0.4 is 3.27 Å². The van der Waals surface area contributed by atoms with Gasteiger partial charge in [-0.15, -0.1) is 0 Å². The first-order chi connectivity index (χ1) is 22.3. The Bertz CT molecular complexity index is 1890. The Hall–Kier alpha value is -2.89. The Kier molecular flexibility index (Phi) is 9.08. The molecule has 48 heavy (non-hydrogen) atoms. The van der Waals surface area contributed by atoms with Crippen LogP contribution in [0.15, 0.2) is 100 Å². The molecule has 0 unspecified atom stereocenters. The van der Waals surface area contributed by atoms with E-state index in [1.165, 1.54) is 50.1 Å². The third-order valence-electron chi connectivity index (χ3n) is 10.4. The van der Waals surface area contributed by atoms with Gasteiger partial charge in [-0.05, 0) is 0 Å². The number of allylic oxidation sites excluding steroid dienone is 4. The first kappa shape index (κ1) is 35.0. The van der Waals surface area contributed by atoms with Crippen LogP contribution in [0.3, 0.4) is 0 Å². The van der Waals surface area contributed by atoms with Crippen molar-refractivity contribution in [1.82, 2.24) is 0 Å². The summed E-state index contributed by atoms with van der Waals surface area (Å²) in [5, 5.41) is 0. The molecule has 248 valence electrons. The van der Waals surface area contributed by atoms with Crippen molar-refractivity contribution in [3.05, 3.63) is 145 Å². The summed E-state index contributed by atoms with van der Waals surface area (Å²) in [7, 11) is 0. The Balaban J connectivity index is 1.71. The summed E-state index contributed by atoms with van der Waals surface area (Å²) in [6, 6.07) is 31.8. The average Bonchev–Trinajstić information content (AvgIpc) is 3.66. The summed E-state index contributed by atoms with van der Waals surface area (Å²) in [6.07, 6.45) is 9.28. The van der Waals surface area contributed by atoms with Gasteiger partial charge >= 0.3 is 301 Å². The molecule has 0 amide bonds. The zero-order chi connectivity index (χ0) is 34.8. The van der Waals surface area contributed by atoms with Crippen LogP contribution >= 0.6 is 0 Å². The summed E-state index contributed by atoms with van der Waals surface area (Å²) in [5.74, 6) is 0. The first-order valence-corrected chi connectivity index (χ1v) is 21.6. The fourth-order valence-electron chi connectivity index (χ4n) is 7.23. The van der Waals surface area contributed by atoms with Gasteiger partial charge in [-0.1, -0.05) is 0 Å². The Morgan fingerprint density at radius 3 is 1.46 bits per heavy atom. The van der Waals surface area contributed by atoms with Crippen molar-refractivity contribution >= 4 is 6.48 Å². The Morgan fingerprint density at radius 1 is 0.521 bits per heavy atom. The average molecular weight is 712 g/mol.